The minimum Gasteiger partial charge on any atom is -0.310 e. The third-order valence-electron chi connectivity index (χ3n) is 3.32. The van der Waals surface area contributed by atoms with Crippen molar-refractivity contribution in [2.75, 3.05) is 6.54 Å². The van der Waals surface area contributed by atoms with Gasteiger partial charge in [-0.3, -0.25) is 10.1 Å². The van der Waals surface area contributed by atoms with Gasteiger partial charge in [-0.2, -0.15) is 0 Å². The van der Waals surface area contributed by atoms with Gasteiger partial charge in [-0.25, -0.2) is 0 Å². The van der Waals surface area contributed by atoms with Crippen molar-refractivity contribution in [1.82, 2.24) is 5.32 Å². The summed E-state index contributed by atoms with van der Waals surface area (Å²) in [6, 6.07) is 15.3. The minimum absolute atomic E-state index is 0.102. The third kappa shape index (κ3) is 4.12. The van der Waals surface area contributed by atoms with Gasteiger partial charge >= 0.3 is 0 Å². The van der Waals surface area contributed by atoms with Crippen molar-refractivity contribution >= 4 is 21.6 Å². The van der Waals surface area contributed by atoms with Crippen LogP contribution in [0.25, 0.3) is 0 Å². The first kappa shape index (κ1) is 15.7. The standard InChI is InChI=1S/C16H17BrN2O2/c1-2-18-16(12-6-4-3-5-7-12)10-13-8-9-14(19(20)21)11-15(13)17/h3-9,11,16,18H,2,10H2,1H3. The van der Waals surface area contributed by atoms with Crippen molar-refractivity contribution in [3.8, 4) is 0 Å². The monoisotopic (exact) mass is 348 g/mol. The van der Waals surface area contributed by atoms with E-state index in [9.17, 15) is 10.1 Å². The highest BCUT2D eigenvalue weighted by Crippen LogP contribution is 2.27. The molecule has 1 atom stereocenters. The largest absolute Gasteiger partial charge is 0.310 e. The van der Waals surface area contributed by atoms with Crippen LogP contribution in [0.2, 0.25) is 0 Å². The first-order valence-corrected chi connectivity index (χ1v) is 7.62. The Hall–Kier alpha value is -1.72. The van der Waals surface area contributed by atoms with Crippen LogP contribution in [0, 0.1) is 10.1 Å². The number of nitrogens with one attached hydrogen (secondary N) is 1. The number of likely N-dealkylation sites (N-methyl/N-ethyl adjacent to an activating group) is 1. The lowest BCUT2D eigenvalue weighted by Crippen LogP contribution is -2.23. The number of hydrogen-bond donors (Lipinski definition) is 1. The van der Waals surface area contributed by atoms with Crippen LogP contribution in [0.3, 0.4) is 0 Å². The summed E-state index contributed by atoms with van der Waals surface area (Å²) in [6.07, 6.45) is 0.774. The fraction of sp³-hybridized carbons (Fsp3) is 0.250. The van der Waals surface area contributed by atoms with Crippen molar-refractivity contribution in [2.24, 2.45) is 0 Å². The maximum atomic E-state index is 10.8. The van der Waals surface area contributed by atoms with Crippen LogP contribution in [0.5, 0.6) is 0 Å². The highest BCUT2D eigenvalue weighted by molar-refractivity contribution is 9.10. The summed E-state index contributed by atoms with van der Waals surface area (Å²) in [6.45, 7) is 2.94. The normalized spacial score (nSPS) is 12.1. The highest BCUT2D eigenvalue weighted by Gasteiger charge is 2.15. The number of non-ortho nitro benzene ring substituents is 1. The molecule has 0 aliphatic carbocycles. The molecule has 0 aromatic heterocycles. The van der Waals surface area contributed by atoms with Crippen LogP contribution in [-0.4, -0.2) is 11.5 Å². The summed E-state index contributed by atoms with van der Waals surface area (Å²) in [4.78, 5) is 10.4. The van der Waals surface area contributed by atoms with Crippen molar-refractivity contribution in [3.05, 3.63) is 74.2 Å². The van der Waals surface area contributed by atoms with E-state index in [1.54, 1.807) is 12.1 Å². The fourth-order valence-electron chi connectivity index (χ4n) is 2.27. The zero-order valence-corrected chi connectivity index (χ0v) is 13.3. The number of halogens is 1. The van der Waals surface area contributed by atoms with Crippen LogP contribution in [0.4, 0.5) is 5.69 Å². The van der Waals surface area contributed by atoms with Gasteiger partial charge in [-0.1, -0.05) is 59.3 Å². The number of nitro benzene ring substituents is 1. The Bertz CT molecular complexity index is 617. The molecule has 0 aliphatic heterocycles. The molecular weight excluding hydrogens is 332 g/mol. The molecule has 110 valence electrons. The molecule has 2 rings (SSSR count). The second-order valence-electron chi connectivity index (χ2n) is 4.76. The van der Waals surface area contributed by atoms with Gasteiger partial charge in [0, 0.05) is 22.6 Å². The average Bonchev–Trinajstić information content (AvgIpc) is 2.49. The lowest BCUT2D eigenvalue weighted by Gasteiger charge is -2.19. The van der Waals surface area contributed by atoms with Gasteiger partial charge in [-0.05, 0) is 24.1 Å². The second-order valence-corrected chi connectivity index (χ2v) is 5.61. The molecule has 0 radical (unpaired) electrons. The Kier molecular flexibility index (Phi) is 5.47. The zero-order valence-electron chi connectivity index (χ0n) is 11.8. The van der Waals surface area contributed by atoms with Crippen LogP contribution >= 0.6 is 15.9 Å². The van der Waals surface area contributed by atoms with Crippen LogP contribution in [-0.2, 0) is 6.42 Å². The quantitative estimate of drug-likeness (QED) is 0.627. The Morgan fingerprint density at radius 1 is 1.24 bits per heavy atom. The smallest absolute Gasteiger partial charge is 0.270 e. The van der Waals surface area contributed by atoms with E-state index in [1.165, 1.54) is 5.56 Å². The Morgan fingerprint density at radius 3 is 2.52 bits per heavy atom. The van der Waals surface area contributed by atoms with Gasteiger partial charge < -0.3 is 5.32 Å². The molecular formula is C16H17BrN2O2. The highest BCUT2D eigenvalue weighted by atomic mass is 79.9. The van der Waals surface area contributed by atoms with Crippen LogP contribution in [0.15, 0.2) is 53.0 Å². The van der Waals surface area contributed by atoms with Crippen molar-refractivity contribution in [3.63, 3.8) is 0 Å². The third-order valence-corrected chi connectivity index (χ3v) is 4.06. The van der Waals surface area contributed by atoms with Gasteiger partial charge in [0.1, 0.15) is 0 Å². The van der Waals surface area contributed by atoms with Crippen molar-refractivity contribution in [1.29, 1.82) is 0 Å². The van der Waals surface area contributed by atoms with E-state index in [-0.39, 0.29) is 16.7 Å². The van der Waals surface area contributed by atoms with Gasteiger partial charge in [0.15, 0.2) is 0 Å². The molecule has 0 heterocycles. The van der Waals surface area contributed by atoms with Gasteiger partial charge in [0.2, 0.25) is 0 Å². The second kappa shape index (κ2) is 7.33. The van der Waals surface area contributed by atoms with E-state index in [1.807, 2.05) is 24.3 Å². The van der Waals surface area contributed by atoms with Gasteiger partial charge in [-0.15, -0.1) is 0 Å². The molecule has 0 spiro atoms. The van der Waals surface area contributed by atoms with E-state index in [0.29, 0.717) is 0 Å². The maximum Gasteiger partial charge on any atom is 0.270 e. The molecule has 5 heteroatoms. The van der Waals surface area contributed by atoms with Gasteiger partial charge in [0.05, 0.1) is 4.92 Å². The Balaban J connectivity index is 2.23. The summed E-state index contributed by atoms with van der Waals surface area (Å²) < 4.78 is 0.774. The molecule has 0 amide bonds. The Morgan fingerprint density at radius 2 is 1.95 bits per heavy atom. The molecule has 4 nitrogen and oxygen atoms in total. The number of benzene rings is 2. The van der Waals surface area contributed by atoms with E-state index >= 15 is 0 Å². The summed E-state index contributed by atoms with van der Waals surface area (Å²) in [5, 5.41) is 14.2. The predicted molar refractivity (Wildman–Crippen MR) is 87.4 cm³/mol. The SMILES string of the molecule is CCNC(Cc1ccc([N+](=O)[O-])cc1Br)c1ccccc1. The number of nitrogens with zero attached hydrogens (tertiary/aromatic N) is 1. The minimum atomic E-state index is -0.381. The topological polar surface area (TPSA) is 55.2 Å². The van der Waals surface area contributed by atoms with Crippen LogP contribution < -0.4 is 5.32 Å². The lowest BCUT2D eigenvalue weighted by molar-refractivity contribution is -0.384. The first-order valence-electron chi connectivity index (χ1n) is 6.83. The zero-order chi connectivity index (χ0) is 15.2. The van der Waals surface area contributed by atoms with E-state index < -0.39 is 0 Å². The number of hydrogen-bond acceptors (Lipinski definition) is 3. The predicted octanol–water partition coefficient (Wildman–Crippen LogP) is 4.25. The van der Waals surface area contributed by atoms with Crippen molar-refractivity contribution < 1.29 is 4.92 Å². The molecule has 2 aromatic rings. The molecule has 0 saturated carbocycles. The first-order chi connectivity index (χ1) is 10.1. The van der Waals surface area contributed by atoms with Crippen LogP contribution in [0.1, 0.15) is 24.1 Å². The molecule has 2 aromatic carbocycles. The average molecular weight is 349 g/mol. The summed E-state index contributed by atoms with van der Waals surface area (Å²) in [5.74, 6) is 0. The van der Waals surface area contributed by atoms with Crippen molar-refractivity contribution in [2.45, 2.75) is 19.4 Å². The van der Waals surface area contributed by atoms with E-state index in [2.05, 4.69) is 40.3 Å². The van der Waals surface area contributed by atoms with Gasteiger partial charge in [0.25, 0.3) is 5.69 Å². The maximum absolute atomic E-state index is 10.8. The molecule has 0 saturated heterocycles. The molecule has 1 unspecified atom stereocenters. The number of rotatable bonds is 6. The molecule has 0 bridgehead atoms. The summed E-state index contributed by atoms with van der Waals surface area (Å²) >= 11 is 3.44. The lowest BCUT2D eigenvalue weighted by atomic mass is 9.98. The number of nitro groups is 1. The summed E-state index contributed by atoms with van der Waals surface area (Å²) in [7, 11) is 0. The summed E-state index contributed by atoms with van der Waals surface area (Å²) in [5.41, 5.74) is 2.37. The van der Waals surface area contributed by atoms with E-state index in [0.717, 1.165) is 23.0 Å². The molecule has 0 fully saturated rings. The molecule has 1 N–H and O–H groups in total. The van der Waals surface area contributed by atoms with E-state index in [4.69, 9.17) is 0 Å². The fourth-order valence-corrected chi connectivity index (χ4v) is 2.80. The molecule has 21 heavy (non-hydrogen) atoms. The Labute approximate surface area is 132 Å². The molecule has 0 aliphatic rings.